The predicted octanol–water partition coefficient (Wildman–Crippen LogP) is 0.0906. The first-order valence-electron chi connectivity index (χ1n) is 3.41. The number of nitrogens with zero attached hydrogens (tertiary/aromatic N) is 1. The van der Waals surface area contributed by atoms with Crippen LogP contribution in [0.3, 0.4) is 0 Å². The third-order valence-corrected chi connectivity index (χ3v) is 1.82. The third-order valence-electron chi connectivity index (χ3n) is 1.82. The molecule has 5 nitrogen and oxygen atoms in total. The molecule has 5 heteroatoms. The van der Waals surface area contributed by atoms with E-state index < -0.39 is 22.3 Å². The van der Waals surface area contributed by atoms with Crippen LogP contribution in [0.4, 0.5) is 4.79 Å². The summed E-state index contributed by atoms with van der Waals surface area (Å²) < 4.78 is -0.861. The summed E-state index contributed by atoms with van der Waals surface area (Å²) in [5.41, 5.74) is 0. The molecule has 1 rings (SSSR count). The number of rotatable bonds is 0. The summed E-state index contributed by atoms with van der Waals surface area (Å²) in [5, 5.41) is 2.28. The van der Waals surface area contributed by atoms with Crippen molar-refractivity contribution in [2.24, 2.45) is 0 Å². The van der Waals surface area contributed by atoms with Gasteiger partial charge < -0.3 is 0 Å². The summed E-state index contributed by atoms with van der Waals surface area (Å²) in [4.78, 5) is 33.3. The lowest BCUT2D eigenvalue weighted by Crippen LogP contribution is -2.54. The molecule has 0 saturated carbocycles. The second-order valence-corrected chi connectivity index (χ2v) is 2.53. The SMILES string of the molecule is CC(=O)[N+]1(C(C)=O)C=CNC1=O. The lowest BCUT2D eigenvalue weighted by atomic mass is 10.4. The van der Waals surface area contributed by atoms with Crippen LogP contribution in [0.25, 0.3) is 0 Å². The first-order valence-corrected chi connectivity index (χ1v) is 3.41. The van der Waals surface area contributed by atoms with Gasteiger partial charge in [-0.2, -0.15) is 0 Å². The molecule has 0 bridgehead atoms. The maximum absolute atomic E-state index is 11.1. The normalized spacial score (nSPS) is 19.0. The van der Waals surface area contributed by atoms with Crippen LogP contribution in [0.5, 0.6) is 0 Å². The first-order chi connectivity index (χ1) is 5.51. The van der Waals surface area contributed by atoms with E-state index in [1.807, 2.05) is 0 Å². The van der Waals surface area contributed by atoms with Gasteiger partial charge in [-0.1, -0.05) is 4.48 Å². The average Bonchev–Trinajstić information content (AvgIpc) is 2.31. The van der Waals surface area contributed by atoms with E-state index in [1.165, 1.54) is 26.2 Å². The van der Waals surface area contributed by atoms with E-state index in [1.54, 1.807) is 0 Å². The zero-order valence-electron chi connectivity index (χ0n) is 6.83. The zero-order valence-corrected chi connectivity index (χ0v) is 6.83. The van der Waals surface area contributed by atoms with E-state index in [0.29, 0.717) is 0 Å². The minimum absolute atomic E-state index is 0.506. The Morgan fingerprint density at radius 1 is 1.33 bits per heavy atom. The third kappa shape index (κ3) is 0.868. The maximum atomic E-state index is 11.1. The largest absolute Gasteiger partial charge is 0.440 e. The maximum Gasteiger partial charge on any atom is 0.440 e. The number of carbonyl (C=O) groups excluding carboxylic acids is 3. The van der Waals surface area contributed by atoms with Gasteiger partial charge in [-0.15, -0.1) is 0 Å². The van der Waals surface area contributed by atoms with Crippen molar-refractivity contribution < 1.29 is 18.9 Å². The van der Waals surface area contributed by atoms with Gasteiger partial charge in [0.05, 0.1) is 20.0 Å². The molecule has 12 heavy (non-hydrogen) atoms. The number of amides is 4. The molecule has 1 aliphatic heterocycles. The van der Waals surface area contributed by atoms with Crippen molar-refractivity contribution >= 4 is 17.8 Å². The Labute approximate surface area is 69.2 Å². The molecule has 1 N–H and O–H groups in total. The van der Waals surface area contributed by atoms with E-state index >= 15 is 0 Å². The van der Waals surface area contributed by atoms with Crippen LogP contribution in [0.15, 0.2) is 12.4 Å². The van der Waals surface area contributed by atoms with Crippen LogP contribution in [0.1, 0.15) is 13.8 Å². The molecule has 0 fully saturated rings. The molecule has 64 valence electrons. The van der Waals surface area contributed by atoms with Gasteiger partial charge >= 0.3 is 17.8 Å². The lowest BCUT2D eigenvalue weighted by Gasteiger charge is -2.17. The molecule has 0 aliphatic carbocycles. The highest BCUT2D eigenvalue weighted by Gasteiger charge is 2.48. The summed E-state index contributed by atoms with van der Waals surface area (Å²) in [6.07, 6.45) is 2.54. The van der Waals surface area contributed by atoms with E-state index in [9.17, 15) is 14.4 Å². The van der Waals surface area contributed by atoms with E-state index in [-0.39, 0.29) is 0 Å². The van der Waals surface area contributed by atoms with Crippen LogP contribution in [-0.4, -0.2) is 22.3 Å². The van der Waals surface area contributed by atoms with Crippen molar-refractivity contribution in [2.75, 3.05) is 0 Å². The lowest BCUT2D eigenvalue weighted by molar-refractivity contribution is -0.632. The van der Waals surface area contributed by atoms with Crippen LogP contribution >= 0.6 is 0 Å². The van der Waals surface area contributed by atoms with Gasteiger partial charge in [0.1, 0.15) is 6.20 Å². The smallest absolute Gasteiger partial charge is 0.275 e. The number of urea groups is 1. The van der Waals surface area contributed by atoms with Crippen LogP contribution < -0.4 is 5.32 Å². The average molecular weight is 169 g/mol. The fraction of sp³-hybridized carbons (Fsp3) is 0.286. The van der Waals surface area contributed by atoms with Crippen LogP contribution in [-0.2, 0) is 9.59 Å². The van der Waals surface area contributed by atoms with E-state index in [4.69, 9.17) is 0 Å². The highest BCUT2D eigenvalue weighted by molar-refractivity contribution is 5.97. The molecule has 0 aromatic rings. The molecule has 1 aliphatic rings. The molecule has 0 radical (unpaired) electrons. The minimum atomic E-state index is -0.861. The second kappa shape index (κ2) is 2.53. The summed E-state index contributed by atoms with van der Waals surface area (Å²) in [6.45, 7) is 2.41. The predicted molar refractivity (Wildman–Crippen MR) is 39.3 cm³/mol. The van der Waals surface area contributed by atoms with E-state index in [2.05, 4.69) is 5.32 Å². The zero-order chi connectivity index (χ0) is 9.35. The Bertz CT molecular complexity index is 279. The second-order valence-electron chi connectivity index (χ2n) is 2.53. The minimum Gasteiger partial charge on any atom is -0.275 e. The van der Waals surface area contributed by atoms with Crippen molar-refractivity contribution in [3.05, 3.63) is 12.4 Å². The molecule has 0 spiro atoms. The monoisotopic (exact) mass is 169 g/mol. The number of hydrogen-bond acceptors (Lipinski definition) is 3. The Morgan fingerprint density at radius 2 is 1.83 bits per heavy atom. The van der Waals surface area contributed by atoms with Gasteiger partial charge in [0, 0.05) is 0 Å². The number of nitrogens with one attached hydrogen (secondary N) is 1. The summed E-state index contributed by atoms with van der Waals surface area (Å²) in [7, 11) is 0. The van der Waals surface area contributed by atoms with Crippen molar-refractivity contribution in [1.82, 2.24) is 5.32 Å². The van der Waals surface area contributed by atoms with Gasteiger partial charge in [0.15, 0.2) is 0 Å². The number of quaternary nitrogens is 1. The highest BCUT2D eigenvalue weighted by atomic mass is 16.2. The van der Waals surface area contributed by atoms with Gasteiger partial charge in [-0.25, -0.2) is 14.4 Å². The van der Waals surface area contributed by atoms with Gasteiger partial charge in [-0.05, 0) is 0 Å². The number of carbonyl (C=O) groups is 3. The molecule has 0 unspecified atom stereocenters. The Hall–Kier alpha value is -1.49. The molecular formula is C7H9N2O3+. The number of imide groups is 3. The molecule has 0 saturated heterocycles. The molecular weight excluding hydrogens is 160 g/mol. The molecule has 0 aromatic heterocycles. The number of hydrogen-bond donors (Lipinski definition) is 1. The van der Waals surface area contributed by atoms with Crippen molar-refractivity contribution in [1.29, 1.82) is 0 Å². The topological polar surface area (TPSA) is 63.2 Å². The fourth-order valence-electron chi connectivity index (χ4n) is 1.11. The van der Waals surface area contributed by atoms with Gasteiger partial charge in [-0.3, -0.25) is 5.32 Å². The Kier molecular flexibility index (Phi) is 1.81. The van der Waals surface area contributed by atoms with Gasteiger partial charge in [0.2, 0.25) is 0 Å². The molecule has 0 aromatic carbocycles. The van der Waals surface area contributed by atoms with E-state index in [0.717, 1.165) is 0 Å². The van der Waals surface area contributed by atoms with Crippen LogP contribution in [0, 0.1) is 0 Å². The highest BCUT2D eigenvalue weighted by Crippen LogP contribution is 2.15. The van der Waals surface area contributed by atoms with Gasteiger partial charge in [0.25, 0.3) is 0 Å². The molecule has 0 atom stereocenters. The standard InChI is InChI=1S/C7H8N2O3/c1-5(10)9(6(2)11)4-3-8-7(9)12/h3-4H,1-2H3/p+1. The van der Waals surface area contributed by atoms with Crippen molar-refractivity contribution in [3.63, 3.8) is 0 Å². The fourth-order valence-corrected chi connectivity index (χ4v) is 1.11. The Balaban J connectivity index is 3.19. The first kappa shape index (κ1) is 8.61. The Morgan fingerprint density at radius 3 is 2.00 bits per heavy atom. The summed E-state index contributed by atoms with van der Waals surface area (Å²) >= 11 is 0. The summed E-state index contributed by atoms with van der Waals surface area (Å²) in [6, 6.07) is -0.616. The summed E-state index contributed by atoms with van der Waals surface area (Å²) in [5.74, 6) is -1.01. The quantitative estimate of drug-likeness (QED) is 0.523. The molecule has 4 amide bonds. The van der Waals surface area contributed by atoms with Crippen LogP contribution in [0.2, 0.25) is 0 Å². The van der Waals surface area contributed by atoms with Crippen molar-refractivity contribution in [3.8, 4) is 0 Å². The molecule has 1 heterocycles. The van der Waals surface area contributed by atoms with Crippen molar-refractivity contribution in [2.45, 2.75) is 13.8 Å².